The number of amides is 1. The van der Waals surface area contributed by atoms with Crippen molar-refractivity contribution in [3.63, 3.8) is 0 Å². The van der Waals surface area contributed by atoms with Gasteiger partial charge in [-0.15, -0.1) is 0 Å². The van der Waals surface area contributed by atoms with E-state index < -0.39 is 5.41 Å². The predicted octanol–water partition coefficient (Wildman–Crippen LogP) is 1.52. The Morgan fingerprint density at radius 1 is 1.43 bits per heavy atom. The summed E-state index contributed by atoms with van der Waals surface area (Å²) in [6, 6.07) is 0. The average Bonchev–Trinajstić information content (AvgIpc) is 2.02. The standard InChI is InChI=1S/C11H24N2O/c1-9(2)6-5-7-13-8-11(3,4)10(12)14/h9,13H,5-8H2,1-4H3,(H2,12,14). The third-order valence-corrected chi connectivity index (χ3v) is 2.37. The summed E-state index contributed by atoms with van der Waals surface area (Å²) >= 11 is 0. The van der Waals surface area contributed by atoms with Gasteiger partial charge in [-0.05, 0) is 39.2 Å². The summed E-state index contributed by atoms with van der Waals surface area (Å²) in [6.07, 6.45) is 2.39. The number of primary amides is 1. The highest BCUT2D eigenvalue weighted by Gasteiger charge is 2.23. The van der Waals surface area contributed by atoms with E-state index in [0.717, 1.165) is 18.9 Å². The number of hydrogen-bond acceptors (Lipinski definition) is 2. The number of hydrogen-bond donors (Lipinski definition) is 2. The molecule has 0 aliphatic rings. The quantitative estimate of drug-likeness (QED) is 0.612. The van der Waals surface area contributed by atoms with E-state index in [1.54, 1.807) is 0 Å². The van der Waals surface area contributed by atoms with Crippen LogP contribution in [0.3, 0.4) is 0 Å². The molecule has 3 nitrogen and oxygen atoms in total. The van der Waals surface area contributed by atoms with Crippen LogP contribution >= 0.6 is 0 Å². The number of carbonyl (C=O) groups excluding carboxylic acids is 1. The summed E-state index contributed by atoms with van der Waals surface area (Å²) in [5.41, 5.74) is 4.82. The van der Waals surface area contributed by atoms with Gasteiger partial charge in [0.1, 0.15) is 0 Å². The topological polar surface area (TPSA) is 55.1 Å². The maximum Gasteiger partial charge on any atom is 0.224 e. The average molecular weight is 200 g/mol. The zero-order chi connectivity index (χ0) is 11.2. The van der Waals surface area contributed by atoms with Crippen molar-refractivity contribution in [1.82, 2.24) is 5.32 Å². The first-order valence-electron chi connectivity index (χ1n) is 5.37. The SMILES string of the molecule is CC(C)CCCNCC(C)(C)C(N)=O. The maximum atomic E-state index is 11.0. The van der Waals surface area contributed by atoms with Crippen molar-refractivity contribution < 1.29 is 4.79 Å². The highest BCUT2D eigenvalue weighted by Crippen LogP contribution is 2.11. The minimum absolute atomic E-state index is 0.242. The highest BCUT2D eigenvalue weighted by molar-refractivity contribution is 5.80. The van der Waals surface area contributed by atoms with Gasteiger partial charge < -0.3 is 11.1 Å². The maximum absolute atomic E-state index is 11.0. The number of rotatable bonds is 7. The van der Waals surface area contributed by atoms with Gasteiger partial charge in [-0.3, -0.25) is 4.79 Å². The normalized spacial score (nSPS) is 12.1. The molecule has 0 spiro atoms. The molecule has 3 heteroatoms. The Balaban J connectivity index is 3.49. The fourth-order valence-corrected chi connectivity index (χ4v) is 1.12. The van der Waals surface area contributed by atoms with Gasteiger partial charge in [0.25, 0.3) is 0 Å². The van der Waals surface area contributed by atoms with Crippen LogP contribution in [0.4, 0.5) is 0 Å². The summed E-state index contributed by atoms with van der Waals surface area (Å²) < 4.78 is 0. The zero-order valence-electron chi connectivity index (χ0n) is 9.89. The number of nitrogens with one attached hydrogen (secondary N) is 1. The molecule has 0 aromatic heterocycles. The second-order valence-corrected chi connectivity index (χ2v) is 4.96. The Morgan fingerprint density at radius 2 is 2.00 bits per heavy atom. The van der Waals surface area contributed by atoms with Gasteiger partial charge in [0.15, 0.2) is 0 Å². The number of nitrogens with two attached hydrogens (primary N) is 1. The van der Waals surface area contributed by atoms with Gasteiger partial charge in [0.2, 0.25) is 5.91 Å². The number of carbonyl (C=O) groups is 1. The van der Waals surface area contributed by atoms with Crippen molar-refractivity contribution in [1.29, 1.82) is 0 Å². The Hall–Kier alpha value is -0.570. The molecule has 0 heterocycles. The van der Waals surface area contributed by atoms with Crippen molar-refractivity contribution in [3.05, 3.63) is 0 Å². The zero-order valence-corrected chi connectivity index (χ0v) is 9.89. The molecule has 14 heavy (non-hydrogen) atoms. The van der Waals surface area contributed by atoms with E-state index in [-0.39, 0.29) is 5.91 Å². The van der Waals surface area contributed by atoms with Gasteiger partial charge in [-0.25, -0.2) is 0 Å². The highest BCUT2D eigenvalue weighted by atomic mass is 16.1. The van der Waals surface area contributed by atoms with Gasteiger partial charge in [0, 0.05) is 6.54 Å². The van der Waals surface area contributed by atoms with Gasteiger partial charge in [-0.2, -0.15) is 0 Å². The van der Waals surface area contributed by atoms with Gasteiger partial charge in [0.05, 0.1) is 5.41 Å². The predicted molar refractivity (Wildman–Crippen MR) is 59.9 cm³/mol. The van der Waals surface area contributed by atoms with Crippen molar-refractivity contribution in [2.75, 3.05) is 13.1 Å². The molecule has 0 saturated carbocycles. The molecule has 0 unspecified atom stereocenters. The molecule has 0 bridgehead atoms. The first-order valence-corrected chi connectivity index (χ1v) is 5.37. The van der Waals surface area contributed by atoms with E-state index in [0.29, 0.717) is 6.54 Å². The lowest BCUT2D eigenvalue weighted by molar-refractivity contribution is -0.125. The summed E-state index contributed by atoms with van der Waals surface area (Å²) in [7, 11) is 0. The molecule has 3 N–H and O–H groups in total. The van der Waals surface area contributed by atoms with Crippen LogP contribution < -0.4 is 11.1 Å². The van der Waals surface area contributed by atoms with E-state index in [4.69, 9.17) is 5.73 Å². The van der Waals surface area contributed by atoms with E-state index in [1.165, 1.54) is 6.42 Å². The summed E-state index contributed by atoms with van der Waals surface area (Å²) in [5.74, 6) is 0.509. The van der Waals surface area contributed by atoms with Crippen LogP contribution in [0.15, 0.2) is 0 Å². The van der Waals surface area contributed by atoms with Crippen LogP contribution in [0.5, 0.6) is 0 Å². The molecule has 0 rings (SSSR count). The lowest BCUT2D eigenvalue weighted by Crippen LogP contribution is -2.40. The second kappa shape index (κ2) is 6.02. The lowest BCUT2D eigenvalue weighted by atomic mass is 9.93. The van der Waals surface area contributed by atoms with Gasteiger partial charge in [-0.1, -0.05) is 13.8 Å². The molecular formula is C11H24N2O. The van der Waals surface area contributed by atoms with Crippen molar-refractivity contribution >= 4 is 5.91 Å². The van der Waals surface area contributed by atoms with Crippen LogP contribution in [-0.2, 0) is 4.79 Å². The van der Waals surface area contributed by atoms with Crippen molar-refractivity contribution in [2.45, 2.75) is 40.5 Å². The van der Waals surface area contributed by atoms with Gasteiger partial charge >= 0.3 is 0 Å². The fraction of sp³-hybridized carbons (Fsp3) is 0.909. The monoisotopic (exact) mass is 200 g/mol. The van der Waals surface area contributed by atoms with Crippen LogP contribution in [0.25, 0.3) is 0 Å². The fourth-order valence-electron chi connectivity index (χ4n) is 1.12. The molecule has 0 atom stereocenters. The summed E-state index contributed by atoms with van der Waals surface area (Å²) in [4.78, 5) is 11.0. The Bertz CT molecular complexity index is 176. The molecule has 0 saturated heterocycles. The third-order valence-electron chi connectivity index (χ3n) is 2.37. The molecular weight excluding hydrogens is 176 g/mol. The first kappa shape index (κ1) is 13.4. The van der Waals surface area contributed by atoms with Crippen molar-refractivity contribution in [2.24, 2.45) is 17.1 Å². The minimum Gasteiger partial charge on any atom is -0.369 e. The van der Waals surface area contributed by atoms with E-state index in [1.807, 2.05) is 13.8 Å². The summed E-state index contributed by atoms with van der Waals surface area (Å²) in [5, 5.41) is 3.26. The summed E-state index contributed by atoms with van der Waals surface area (Å²) in [6.45, 7) is 9.80. The molecule has 0 aromatic carbocycles. The minimum atomic E-state index is -0.433. The van der Waals surface area contributed by atoms with Crippen LogP contribution in [0.2, 0.25) is 0 Å². The molecule has 0 radical (unpaired) electrons. The molecule has 84 valence electrons. The third kappa shape index (κ3) is 5.97. The Labute approximate surface area is 87.4 Å². The van der Waals surface area contributed by atoms with E-state index in [9.17, 15) is 4.79 Å². The van der Waals surface area contributed by atoms with Crippen LogP contribution in [0, 0.1) is 11.3 Å². The molecule has 0 aliphatic heterocycles. The van der Waals surface area contributed by atoms with Crippen LogP contribution in [-0.4, -0.2) is 19.0 Å². The molecule has 1 amide bonds. The molecule has 0 aliphatic carbocycles. The smallest absolute Gasteiger partial charge is 0.224 e. The lowest BCUT2D eigenvalue weighted by Gasteiger charge is -2.20. The second-order valence-electron chi connectivity index (χ2n) is 4.96. The van der Waals surface area contributed by atoms with E-state index >= 15 is 0 Å². The van der Waals surface area contributed by atoms with Crippen molar-refractivity contribution in [3.8, 4) is 0 Å². The van der Waals surface area contributed by atoms with Crippen LogP contribution in [0.1, 0.15) is 40.5 Å². The molecule has 0 aromatic rings. The van der Waals surface area contributed by atoms with E-state index in [2.05, 4.69) is 19.2 Å². The molecule has 0 fully saturated rings. The Morgan fingerprint density at radius 3 is 2.43 bits per heavy atom. The Kier molecular flexibility index (Phi) is 5.77. The first-order chi connectivity index (χ1) is 6.36. The largest absolute Gasteiger partial charge is 0.369 e.